The van der Waals surface area contributed by atoms with Gasteiger partial charge in [-0.3, -0.25) is 0 Å². The van der Waals surface area contributed by atoms with Gasteiger partial charge in [0, 0.05) is 16.9 Å². The highest BCUT2D eigenvalue weighted by molar-refractivity contribution is 7.98. The molecule has 0 atom stereocenters. The van der Waals surface area contributed by atoms with Gasteiger partial charge in [-0.1, -0.05) is 78.9 Å². The molecule has 3 heteroatoms. The maximum absolute atomic E-state index is 2.25. The van der Waals surface area contributed by atoms with Gasteiger partial charge in [-0.05, 0) is 17.7 Å². The van der Waals surface area contributed by atoms with Crippen molar-refractivity contribution < 1.29 is 4.68 Å². The van der Waals surface area contributed by atoms with E-state index in [0.717, 1.165) is 5.75 Å². The lowest BCUT2D eigenvalue weighted by atomic mass is 10.1. The van der Waals surface area contributed by atoms with Crippen LogP contribution >= 0.6 is 11.8 Å². The number of hydrogen-bond acceptors (Lipinski definition) is 1. The van der Waals surface area contributed by atoms with Crippen molar-refractivity contribution in [1.82, 2.24) is 4.68 Å². The van der Waals surface area contributed by atoms with Crippen molar-refractivity contribution in [1.29, 1.82) is 0 Å². The highest BCUT2D eigenvalue weighted by Crippen LogP contribution is 2.39. The molecule has 0 aliphatic rings. The Labute approximate surface area is 165 Å². The average molecular weight is 372 g/mol. The molecule has 3 aromatic carbocycles. The third-order valence-electron chi connectivity index (χ3n) is 4.85. The molecule has 0 amide bonds. The molecule has 4 aromatic rings. The van der Waals surface area contributed by atoms with Crippen LogP contribution in [0.1, 0.15) is 5.56 Å². The van der Waals surface area contributed by atoms with Gasteiger partial charge in [-0.15, -0.1) is 16.4 Å². The lowest BCUT2D eigenvalue weighted by Crippen LogP contribution is -2.39. The maximum Gasteiger partial charge on any atom is 0.252 e. The predicted octanol–water partition coefficient (Wildman–Crippen LogP) is 5.48. The molecule has 4 rings (SSSR count). The van der Waals surface area contributed by atoms with Crippen LogP contribution in [0, 0.1) is 0 Å². The molecule has 27 heavy (non-hydrogen) atoms. The molecular weight excluding hydrogens is 348 g/mol. The van der Waals surface area contributed by atoms with Gasteiger partial charge in [-0.25, -0.2) is 0 Å². The zero-order valence-electron chi connectivity index (χ0n) is 15.7. The van der Waals surface area contributed by atoms with Gasteiger partial charge < -0.3 is 0 Å². The first-order chi connectivity index (χ1) is 13.3. The van der Waals surface area contributed by atoms with Gasteiger partial charge in [0.1, 0.15) is 10.6 Å². The third kappa shape index (κ3) is 3.56. The largest absolute Gasteiger partial charge is 0.252 e. The summed E-state index contributed by atoms with van der Waals surface area (Å²) in [5.74, 6) is 0.949. The van der Waals surface area contributed by atoms with Crippen LogP contribution in [-0.2, 0) is 19.8 Å². The van der Waals surface area contributed by atoms with Crippen LogP contribution in [0.15, 0.2) is 95.9 Å². The van der Waals surface area contributed by atoms with Gasteiger partial charge in [0.2, 0.25) is 0 Å². The fraction of sp³-hybridized carbons (Fsp3) is 0.125. The van der Waals surface area contributed by atoms with Gasteiger partial charge in [0.15, 0.2) is 7.05 Å². The zero-order chi connectivity index (χ0) is 18.6. The van der Waals surface area contributed by atoms with E-state index < -0.39 is 0 Å². The summed E-state index contributed by atoms with van der Waals surface area (Å²) in [5.41, 5.74) is 6.35. The van der Waals surface area contributed by atoms with Crippen LogP contribution < -0.4 is 4.68 Å². The molecule has 2 nitrogen and oxygen atoms in total. The van der Waals surface area contributed by atoms with Crippen molar-refractivity contribution >= 4 is 11.8 Å². The Bertz CT molecular complexity index is 959. The summed E-state index contributed by atoms with van der Waals surface area (Å²) in [5, 5.41) is 0. The van der Waals surface area contributed by atoms with Crippen molar-refractivity contribution in [2.45, 2.75) is 10.6 Å². The molecular formula is C24H23N2S+. The monoisotopic (exact) mass is 371 g/mol. The summed E-state index contributed by atoms with van der Waals surface area (Å²) in [6, 6.07) is 32.0. The second-order valence-electron chi connectivity index (χ2n) is 6.58. The van der Waals surface area contributed by atoms with Crippen LogP contribution in [-0.4, -0.2) is 4.68 Å². The van der Waals surface area contributed by atoms with Crippen molar-refractivity contribution in [2.24, 2.45) is 14.1 Å². The Morgan fingerprint density at radius 3 is 1.85 bits per heavy atom. The summed E-state index contributed by atoms with van der Waals surface area (Å²) in [4.78, 5) is 1.32. The van der Waals surface area contributed by atoms with Crippen molar-refractivity contribution in [3.63, 3.8) is 0 Å². The standard InChI is InChI=1S/C24H23N2S/c1-25-22(20-14-8-4-9-15-20)24(27-18-19-12-6-3-7-13-19)23(26(25)2)21-16-10-5-11-17-21/h3-17H,18H2,1-2H3/q+1. The topological polar surface area (TPSA) is 8.81 Å². The van der Waals surface area contributed by atoms with E-state index >= 15 is 0 Å². The van der Waals surface area contributed by atoms with Crippen LogP contribution in [0.3, 0.4) is 0 Å². The second kappa shape index (κ2) is 7.85. The first-order valence-electron chi connectivity index (χ1n) is 9.12. The Balaban J connectivity index is 1.86. The number of benzene rings is 3. The van der Waals surface area contributed by atoms with Gasteiger partial charge in [0.25, 0.3) is 5.69 Å². The van der Waals surface area contributed by atoms with E-state index in [9.17, 15) is 0 Å². The highest BCUT2D eigenvalue weighted by atomic mass is 32.2. The molecule has 1 heterocycles. The molecule has 0 saturated heterocycles. The number of nitrogens with zero attached hydrogens (tertiary/aromatic N) is 2. The summed E-state index contributed by atoms with van der Waals surface area (Å²) in [6.07, 6.45) is 0. The molecule has 0 radical (unpaired) electrons. The Morgan fingerprint density at radius 1 is 0.741 bits per heavy atom. The van der Waals surface area contributed by atoms with E-state index in [0.29, 0.717) is 0 Å². The minimum absolute atomic E-state index is 0.949. The molecule has 0 aliphatic heterocycles. The molecule has 0 fully saturated rings. The Morgan fingerprint density at radius 2 is 1.26 bits per heavy atom. The Kier molecular flexibility index (Phi) is 5.12. The van der Waals surface area contributed by atoms with Gasteiger partial charge >= 0.3 is 0 Å². The molecule has 0 unspecified atom stereocenters. The summed E-state index contributed by atoms with van der Waals surface area (Å²) in [7, 11) is 4.28. The number of rotatable bonds is 5. The summed E-state index contributed by atoms with van der Waals surface area (Å²) >= 11 is 1.91. The minimum Gasteiger partial charge on any atom is -0.155 e. The normalized spacial score (nSPS) is 10.9. The third-order valence-corrected chi connectivity index (χ3v) is 6.00. The molecule has 0 bridgehead atoms. The summed E-state index contributed by atoms with van der Waals surface area (Å²) < 4.78 is 4.51. The number of hydrogen-bond donors (Lipinski definition) is 0. The summed E-state index contributed by atoms with van der Waals surface area (Å²) in [6.45, 7) is 0. The van der Waals surface area contributed by atoms with Crippen molar-refractivity contribution in [2.75, 3.05) is 0 Å². The lowest BCUT2D eigenvalue weighted by molar-refractivity contribution is -0.741. The first kappa shape index (κ1) is 17.6. The van der Waals surface area contributed by atoms with Crippen LogP contribution in [0.2, 0.25) is 0 Å². The predicted molar refractivity (Wildman–Crippen MR) is 113 cm³/mol. The average Bonchev–Trinajstić information content (AvgIpc) is 2.98. The maximum atomic E-state index is 2.25. The van der Waals surface area contributed by atoms with Crippen LogP contribution in [0.4, 0.5) is 0 Å². The van der Waals surface area contributed by atoms with E-state index in [1.54, 1.807) is 0 Å². The number of aromatic nitrogens is 2. The molecule has 0 spiro atoms. The van der Waals surface area contributed by atoms with Gasteiger partial charge in [0.05, 0.1) is 7.05 Å². The van der Waals surface area contributed by atoms with E-state index in [-0.39, 0.29) is 0 Å². The van der Waals surface area contributed by atoms with E-state index in [1.807, 2.05) is 11.8 Å². The molecule has 0 N–H and O–H groups in total. The molecule has 0 aliphatic carbocycles. The van der Waals surface area contributed by atoms with E-state index in [2.05, 4.69) is 114 Å². The smallest absolute Gasteiger partial charge is 0.155 e. The second-order valence-corrected chi connectivity index (χ2v) is 7.57. The van der Waals surface area contributed by atoms with Crippen molar-refractivity contribution in [3.8, 4) is 22.5 Å². The lowest BCUT2D eigenvalue weighted by Gasteiger charge is -2.05. The number of thioether (sulfide) groups is 1. The van der Waals surface area contributed by atoms with Gasteiger partial charge in [-0.2, -0.15) is 4.68 Å². The van der Waals surface area contributed by atoms with Crippen LogP contribution in [0.25, 0.3) is 22.5 Å². The fourth-order valence-corrected chi connectivity index (χ4v) is 4.68. The minimum atomic E-state index is 0.949. The molecule has 1 aromatic heterocycles. The van der Waals surface area contributed by atoms with Crippen molar-refractivity contribution in [3.05, 3.63) is 96.6 Å². The SMILES string of the molecule is Cn1c(-c2ccccc2)c(SCc2ccccc2)c(-c2ccccc2)[n+]1C. The fourth-order valence-electron chi connectivity index (χ4n) is 3.40. The quantitative estimate of drug-likeness (QED) is 0.333. The zero-order valence-corrected chi connectivity index (χ0v) is 16.5. The highest BCUT2D eigenvalue weighted by Gasteiger charge is 2.28. The van der Waals surface area contributed by atoms with Crippen LogP contribution in [0.5, 0.6) is 0 Å². The van der Waals surface area contributed by atoms with E-state index in [4.69, 9.17) is 0 Å². The first-order valence-corrected chi connectivity index (χ1v) is 10.1. The molecule has 0 saturated carbocycles. The van der Waals surface area contributed by atoms with E-state index in [1.165, 1.54) is 33.0 Å². The Hall–Kier alpha value is -2.78. The molecule has 134 valence electrons.